The van der Waals surface area contributed by atoms with E-state index < -0.39 is 16.1 Å². The lowest BCUT2D eigenvalue weighted by atomic mass is 9.96. The van der Waals surface area contributed by atoms with Crippen molar-refractivity contribution in [2.45, 2.75) is 50.2 Å². The summed E-state index contributed by atoms with van der Waals surface area (Å²) in [7, 11) is -4.15. The van der Waals surface area contributed by atoms with Crippen molar-refractivity contribution in [2.75, 3.05) is 39.3 Å². The van der Waals surface area contributed by atoms with Crippen molar-refractivity contribution in [1.29, 1.82) is 0 Å². The van der Waals surface area contributed by atoms with Crippen LogP contribution in [0.15, 0.2) is 53.9 Å². The molecular formula is C32H37Cl2N7O5S. The van der Waals surface area contributed by atoms with E-state index in [0.29, 0.717) is 48.7 Å². The Morgan fingerprint density at radius 1 is 1.13 bits per heavy atom. The van der Waals surface area contributed by atoms with Gasteiger partial charge in [-0.1, -0.05) is 35.3 Å². The van der Waals surface area contributed by atoms with Crippen molar-refractivity contribution in [3.8, 4) is 11.4 Å². The maximum absolute atomic E-state index is 14.0. The minimum atomic E-state index is -4.15. The van der Waals surface area contributed by atoms with Gasteiger partial charge in [-0.05, 0) is 75.9 Å². The third kappa shape index (κ3) is 7.10. The summed E-state index contributed by atoms with van der Waals surface area (Å²) in [6.07, 6.45) is 5.86. The van der Waals surface area contributed by atoms with Gasteiger partial charge in [0, 0.05) is 41.3 Å². The summed E-state index contributed by atoms with van der Waals surface area (Å²) in [5.41, 5.74) is 2.43. The molecule has 0 saturated carbocycles. The molecule has 0 aliphatic carbocycles. The van der Waals surface area contributed by atoms with Crippen LogP contribution in [0.4, 0.5) is 0 Å². The Kier molecular flexibility index (Phi) is 10.3. The van der Waals surface area contributed by atoms with Crippen LogP contribution in [0, 0.1) is 12.8 Å². The predicted octanol–water partition coefficient (Wildman–Crippen LogP) is 3.98. The summed E-state index contributed by atoms with van der Waals surface area (Å²) in [5, 5.41) is 17.4. The fraction of sp³-hybridized carbons (Fsp3) is 0.438. The average Bonchev–Trinajstić information content (AvgIpc) is 3.78. The standard InChI is InChI=1S/C32H37Cl2N7O5S/c1-21-16-27(40-20-35-19-37-40)23-4-2-6-28(31(23)38-21)46-18-24-25(33)7-8-29(30(24)34)47(44,45)41-11-3-5-26(41)32(43)36-17-22-9-12-39(13-10-22)14-15-42/h2,4,6-8,16,19-20,22,26,42H,3,5,9-15,17-18H2,1H3,(H,36,43)/t26-/m0/s1. The van der Waals surface area contributed by atoms with Crippen LogP contribution in [0.5, 0.6) is 5.75 Å². The Hall–Kier alpha value is -3.33. The molecule has 2 aromatic heterocycles. The molecule has 0 bridgehead atoms. The summed E-state index contributed by atoms with van der Waals surface area (Å²) >= 11 is 13.3. The molecule has 47 heavy (non-hydrogen) atoms. The lowest BCUT2D eigenvalue weighted by molar-refractivity contribution is -0.124. The Morgan fingerprint density at radius 3 is 2.68 bits per heavy atom. The number of likely N-dealkylation sites (tertiary alicyclic amines) is 1. The van der Waals surface area contributed by atoms with Gasteiger partial charge < -0.3 is 20.1 Å². The van der Waals surface area contributed by atoms with Crippen molar-refractivity contribution in [1.82, 2.24) is 34.3 Å². The van der Waals surface area contributed by atoms with Crippen molar-refractivity contribution in [3.05, 3.63) is 70.4 Å². The number of carbonyl (C=O) groups excluding carboxylic acids is 1. The zero-order chi connectivity index (χ0) is 33.1. The van der Waals surface area contributed by atoms with Gasteiger partial charge in [0.15, 0.2) is 0 Å². The number of fused-ring (bicyclic) bond motifs is 1. The smallest absolute Gasteiger partial charge is 0.245 e. The molecule has 0 radical (unpaired) electrons. The lowest BCUT2D eigenvalue weighted by Crippen LogP contribution is -2.47. The van der Waals surface area contributed by atoms with Gasteiger partial charge in [0.25, 0.3) is 0 Å². The number of β-amino-alcohol motifs (C(OH)–C–C–N with tert-alkyl or cyclic N) is 1. The number of aryl methyl sites for hydroxylation is 1. The summed E-state index contributed by atoms with van der Waals surface area (Å²) in [4.78, 5) is 24.1. The number of aliphatic hydroxyl groups excluding tert-OH is 1. The van der Waals surface area contributed by atoms with Gasteiger partial charge >= 0.3 is 0 Å². The molecule has 2 aliphatic rings. The molecular weight excluding hydrogens is 665 g/mol. The second kappa shape index (κ2) is 14.4. The summed E-state index contributed by atoms with van der Waals surface area (Å²) in [6.45, 7) is 4.97. The number of benzene rings is 2. The molecule has 12 nitrogen and oxygen atoms in total. The fourth-order valence-electron chi connectivity index (χ4n) is 6.36. The molecule has 15 heteroatoms. The van der Waals surface area contributed by atoms with Crippen LogP contribution in [0.1, 0.15) is 36.9 Å². The Morgan fingerprint density at radius 2 is 1.94 bits per heavy atom. The second-order valence-corrected chi connectivity index (χ2v) is 14.6. The van der Waals surface area contributed by atoms with E-state index in [1.807, 2.05) is 25.1 Å². The lowest BCUT2D eigenvalue weighted by Gasteiger charge is -2.32. The molecule has 1 atom stereocenters. The van der Waals surface area contributed by atoms with E-state index in [2.05, 4.69) is 25.3 Å². The van der Waals surface area contributed by atoms with E-state index in [-0.39, 0.29) is 40.6 Å². The highest BCUT2D eigenvalue weighted by molar-refractivity contribution is 7.89. The van der Waals surface area contributed by atoms with Crippen LogP contribution in [0.3, 0.4) is 0 Å². The normalized spacial score (nSPS) is 18.2. The first kappa shape index (κ1) is 33.6. The number of nitrogens with one attached hydrogen (secondary N) is 1. The van der Waals surface area contributed by atoms with Crippen molar-refractivity contribution in [2.24, 2.45) is 5.92 Å². The molecule has 0 spiro atoms. The molecule has 2 aliphatic heterocycles. The third-order valence-corrected chi connectivity index (χ3v) is 11.7. The molecule has 2 saturated heterocycles. The van der Waals surface area contributed by atoms with Crippen molar-refractivity contribution >= 4 is 50.0 Å². The molecule has 6 rings (SSSR count). The monoisotopic (exact) mass is 701 g/mol. The number of amides is 1. The number of aromatic nitrogens is 4. The first-order valence-electron chi connectivity index (χ1n) is 15.6. The van der Waals surface area contributed by atoms with Crippen LogP contribution >= 0.6 is 23.2 Å². The Bertz CT molecular complexity index is 1850. The van der Waals surface area contributed by atoms with Gasteiger partial charge in [-0.2, -0.15) is 9.40 Å². The van der Waals surface area contributed by atoms with Crippen molar-refractivity contribution < 1.29 is 23.1 Å². The van der Waals surface area contributed by atoms with Crippen LogP contribution in [-0.4, -0.2) is 93.8 Å². The minimum Gasteiger partial charge on any atom is -0.487 e. The summed E-state index contributed by atoms with van der Waals surface area (Å²) < 4.78 is 37.1. The second-order valence-electron chi connectivity index (χ2n) is 11.9. The number of carbonyl (C=O) groups is 1. The van der Waals surface area contributed by atoms with E-state index in [0.717, 1.165) is 42.7 Å². The molecule has 4 heterocycles. The van der Waals surface area contributed by atoms with Gasteiger partial charge in [-0.15, -0.1) is 0 Å². The molecule has 2 aromatic carbocycles. The SMILES string of the molecule is Cc1cc(-n2cncn2)c2cccc(OCc3c(Cl)ccc(S(=O)(=O)N4CCC[C@H]4C(=O)NCC4CCN(CCO)CC4)c3Cl)c2n1. The number of halogens is 2. The van der Waals surface area contributed by atoms with Crippen LogP contribution in [-0.2, 0) is 21.4 Å². The van der Waals surface area contributed by atoms with Gasteiger partial charge in [0.05, 0.1) is 17.3 Å². The van der Waals surface area contributed by atoms with Crippen LogP contribution < -0.4 is 10.1 Å². The number of nitrogens with zero attached hydrogens (tertiary/aromatic N) is 6. The molecule has 2 fully saturated rings. The van der Waals surface area contributed by atoms with Crippen LogP contribution in [0.2, 0.25) is 10.0 Å². The summed E-state index contributed by atoms with van der Waals surface area (Å²) in [6, 6.07) is 9.45. The number of aliphatic hydroxyl groups is 1. The van der Waals surface area contributed by atoms with E-state index in [1.54, 1.807) is 17.1 Å². The highest BCUT2D eigenvalue weighted by Gasteiger charge is 2.41. The Balaban J connectivity index is 1.18. The van der Waals surface area contributed by atoms with E-state index in [4.69, 9.17) is 27.9 Å². The number of sulfonamides is 1. The number of rotatable bonds is 11. The van der Waals surface area contributed by atoms with Gasteiger partial charge in [0.1, 0.15) is 41.5 Å². The number of pyridine rings is 1. The number of piperidine rings is 1. The zero-order valence-electron chi connectivity index (χ0n) is 26.0. The van der Waals surface area contributed by atoms with Gasteiger partial charge in [0.2, 0.25) is 15.9 Å². The molecule has 0 unspecified atom stereocenters. The predicted molar refractivity (Wildman–Crippen MR) is 178 cm³/mol. The van der Waals surface area contributed by atoms with Gasteiger partial charge in [-0.25, -0.2) is 23.1 Å². The maximum atomic E-state index is 14.0. The quantitative estimate of drug-likeness (QED) is 0.237. The highest BCUT2D eigenvalue weighted by Crippen LogP contribution is 2.37. The minimum absolute atomic E-state index is 0.0501. The average molecular weight is 703 g/mol. The van der Waals surface area contributed by atoms with Crippen molar-refractivity contribution in [3.63, 3.8) is 0 Å². The first-order chi connectivity index (χ1) is 22.7. The number of hydrogen-bond acceptors (Lipinski definition) is 9. The molecule has 2 N–H and O–H groups in total. The van der Waals surface area contributed by atoms with E-state index >= 15 is 0 Å². The zero-order valence-corrected chi connectivity index (χ0v) is 28.3. The summed E-state index contributed by atoms with van der Waals surface area (Å²) in [5.74, 6) is 0.466. The van der Waals surface area contributed by atoms with Crippen LogP contribution in [0.25, 0.3) is 16.6 Å². The topological polar surface area (TPSA) is 143 Å². The Labute approximate surface area is 283 Å². The molecule has 1 amide bonds. The number of para-hydroxylation sites is 1. The fourth-order valence-corrected chi connectivity index (χ4v) is 8.88. The van der Waals surface area contributed by atoms with E-state index in [9.17, 15) is 18.3 Å². The van der Waals surface area contributed by atoms with E-state index in [1.165, 1.54) is 22.8 Å². The molecule has 250 valence electrons. The maximum Gasteiger partial charge on any atom is 0.245 e. The number of hydrogen-bond donors (Lipinski definition) is 2. The largest absolute Gasteiger partial charge is 0.487 e. The third-order valence-electron chi connectivity index (χ3n) is 8.88. The first-order valence-corrected chi connectivity index (χ1v) is 17.8. The number of ether oxygens (including phenoxy) is 1. The van der Waals surface area contributed by atoms with Gasteiger partial charge in [-0.3, -0.25) is 4.79 Å². The highest BCUT2D eigenvalue weighted by atomic mass is 35.5. The molecule has 4 aromatic rings.